The smallest absolute Gasteiger partial charge is 0.289 e. The predicted molar refractivity (Wildman–Crippen MR) is 126 cm³/mol. The Balaban J connectivity index is 1.66. The summed E-state index contributed by atoms with van der Waals surface area (Å²) in [4.78, 5) is 42.5. The number of Topliss-reactive ketones (excluding diaryl/α,β-unsaturated/α-hetero) is 1. The van der Waals surface area contributed by atoms with Crippen molar-refractivity contribution in [2.45, 2.75) is 32.0 Å². The van der Waals surface area contributed by atoms with Gasteiger partial charge in [0, 0.05) is 12.6 Å². The van der Waals surface area contributed by atoms with Crippen LogP contribution >= 0.6 is 0 Å². The quantitative estimate of drug-likeness (QED) is 0.425. The fourth-order valence-corrected chi connectivity index (χ4v) is 3.18. The maximum absolute atomic E-state index is 13.0. The Morgan fingerprint density at radius 3 is 2.24 bits per heavy atom. The lowest BCUT2D eigenvalue weighted by molar-refractivity contribution is -0.140. The van der Waals surface area contributed by atoms with Gasteiger partial charge >= 0.3 is 0 Å². The van der Waals surface area contributed by atoms with Gasteiger partial charge in [-0.05, 0) is 48.9 Å². The number of amides is 2. The number of methoxy groups -OCH3 is 1. The van der Waals surface area contributed by atoms with Crippen LogP contribution in [0.2, 0.25) is 0 Å². The van der Waals surface area contributed by atoms with Crippen molar-refractivity contribution in [3.63, 3.8) is 0 Å². The molecule has 176 valence electrons. The van der Waals surface area contributed by atoms with Gasteiger partial charge in [-0.1, -0.05) is 36.4 Å². The summed E-state index contributed by atoms with van der Waals surface area (Å²) >= 11 is 0. The highest BCUT2D eigenvalue weighted by molar-refractivity contribution is 6.38. The second-order valence-electron chi connectivity index (χ2n) is 7.55. The highest BCUT2D eigenvalue weighted by atomic mass is 16.5. The first-order valence-electron chi connectivity index (χ1n) is 10.8. The number of carbonyl (C=O) groups is 3. The van der Waals surface area contributed by atoms with E-state index in [4.69, 9.17) is 9.47 Å². The van der Waals surface area contributed by atoms with Crippen LogP contribution in [0.15, 0.2) is 79.0 Å². The van der Waals surface area contributed by atoms with Gasteiger partial charge in [-0.15, -0.1) is 0 Å². The zero-order valence-electron chi connectivity index (χ0n) is 19.1. The van der Waals surface area contributed by atoms with E-state index < -0.39 is 29.7 Å². The molecule has 34 heavy (non-hydrogen) atoms. The van der Waals surface area contributed by atoms with E-state index in [0.29, 0.717) is 17.2 Å². The highest BCUT2D eigenvalue weighted by Gasteiger charge is 2.29. The minimum Gasteiger partial charge on any atom is -0.497 e. The molecule has 2 N–H and O–H groups in total. The molecule has 1 aromatic heterocycles. The molecule has 0 aliphatic heterocycles. The number of ether oxygens (including phenoxy) is 2. The minimum absolute atomic E-state index is 0.106. The van der Waals surface area contributed by atoms with Crippen molar-refractivity contribution in [2.24, 2.45) is 0 Å². The van der Waals surface area contributed by atoms with Gasteiger partial charge in [0.2, 0.25) is 5.78 Å². The first kappa shape index (κ1) is 24.4. The third kappa shape index (κ3) is 7.16. The summed E-state index contributed by atoms with van der Waals surface area (Å²) in [5.41, 5.74) is 1.43. The second-order valence-corrected chi connectivity index (χ2v) is 7.55. The molecule has 8 heteroatoms. The van der Waals surface area contributed by atoms with Crippen molar-refractivity contribution >= 4 is 17.6 Å². The molecule has 0 bridgehead atoms. The van der Waals surface area contributed by atoms with E-state index in [1.807, 2.05) is 30.3 Å². The summed E-state index contributed by atoms with van der Waals surface area (Å²) in [7, 11) is 1.56. The van der Waals surface area contributed by atoms with Crippen molar-refractivity contribution < 1.29 is 23.9 Å². The maximum atomic E-state index is 13.0. The van der Waals surface area contributed by atoms with Crippen LogP contribution in [0.5, 0.6) is 11.5 Å². The van der Waals surface area contributed by atoms with E-state index in [-0.39, 0.29) is 13.0 Å². The number of hydrogen-bond acceptors (Lipinski definition) is 6. The number of nitrogens with one attached hydrogen (secondary N) is 2. The summed E-state index contributed by atoms with van der Waals surface area (Å²) in [6.07, 6.45) is 0.875. The van der Waals surface area contributed by atoms with Crippen molar-refractivity contribution in [2.75, 3.05) is 7.11 Å². The van der Waals surface area contributed by atoms with E-state index in [9.17, 15) is 14.4 Å². The predicted octanol–water partition coefficient (Wildman–Crippen LogP) is 2.47. The molecule has 0 saturated carbocycles. The van der Waals surface area contributed by atoms with Crippen molar-refractivity contribution in [3.05, 3.63) is 90.3 Å². The normalized spacial score (nSPS) is 12.2. The second kappa shape index (κ2) is 12.2. The summed E-state index contributed by atoms with van der Waals surface area (Å²) < 4.78 is 10.8. The van der Waals surface area contributed by atoms with Crippen LogP contribution in [0.3, 0.4) is 0 Å². The monoisotopic (exact) mass is 461 g/mol. The van der Waals surface area contributed by atoms with Crippen molar-refractivity contribution in [1.29, 1.82) is 0 Å². The molecule has 0 saturated heterocycles. The molecule has 0 aliphatic rings. The van der Waals surface area contributed by atoms with Crippen LogP contribution in [0.4, 0.5) is 0 Å². The zero-order valence-corrected chi connectivity index (χ0v) is 19.1. The molecule has 8 nitrogen and oxygen atoms in total. The fourth-order valence-electron chi connectivity index (χ4n) is 3.18. The standard InChI is InChI=1S/C26H27N3O5/c1-18(34-22-13-11-21(33-2)12-14-22)25(31)29-23(16-19-8-4-3-5-9-19)24(30)26(32)28-17-20-10-6-7-15-27-20/h3-15,18,23H,16-17H2,1-2H3,(H,28,32)(H,29,31)/t18?,23-/m1/s1. The third-order valence-corrected chi connectivity index (χ3v) is 5.04. The molecule has 0 spiro atoms. The highest BCUT2D eigenvalue weighted by Crippen LogP contribution is 2.18. The molecule has 0 radical (unpaired) electrons. The molecule has 2 amide bonds. The Bertz CT molecular complexity index is 1090. The zero-order chi connectivity index (χ0) is 24.3. The third-order valence-electron chi connectivity index (χ3n) is 5.04. The first-order valence-corrected chi connectivity index (χ1v) is 10.8. The maximum Gasteiger partial charge on any atom is 0.289 e. The number of hydrogen-bond donors (Lipinski definition) is 2. The number of pyridine rings is 1. The first-order chi connectivity index (χ1) is 16.5. The average Bonchev–Trinajstić information content (AvgIpc) is 2.88. The Morgan fingerprint density at radius 1 is 0.912 bits per heavy atom. The van der Waals surface area contributed by atoms with Crippen LogP contribution in [0.25, 0.3) is 0 Å². The molecular weight excluding hydrogens is 434 g/mol. The molecule has 0 aliphatic carbocycles. The average molecular weight is 462 g/mol. The van der Waals surface area contributed by atoms with E-state index in [1.165, 1.54) is 0 Å². The lowest BCUT2D eigenvalue weighted by Gasteiger charge is -2.21. The fraction of sp³-hybridized carbons (Fsp3) is 0.231. The number of carbonyl (C=O) groups excluding carboxylic acids is 3. The molecule has 3 rings (SSSR count). The number of aromatic nitrogens is 1. The molecule has 3 aromatic rings. The topological polar surface area (TPSA) is 107 Å². The van der Waals surface area contributed by atoms with Crippen LogP contribution in [0, 0.1) is 0 Å². The minimum atomic E-state index is -1.06. The number of rotatable bonds is 11. The van der Waals surface area contributed by atoms with Gasteiger partial charge in [-0.2, -0.15) is 0 Å². The van der Waals surface area contributed by atoms with E-state index in [1.54, 1.807) is 62.7 Å². The SMILES string of the molecule is COc1ccc(OC(C)C(=O)N[C@H](Cc2ccccc2)C(=O)C(=O)NCc2ccccn2)cc1. The van der Waals surface area contributed by atoms with Crippen molar-refractivity contribution in [3.8, 4) is 11.5 Å². The lowest BCUT2D eigenvalue weighted by atomic mass is 10.0. The van der Waals surface area contributed by atoms with Crippen LogP contribution < -0.4 is 20.1 Å². The molecule has 1 unspecified atom stereocenters. The number of ketones is 1. The molecular formula is C26H27N3O5. The number of nitrogens with zero attached hydrogens (tertiary/aromatic N) is 1. The Labute approximate surface area is 198 Å². The van der Waals surface area contributed by atoms with E-state index >= 15 is 0 Å². The Morgan fingerprint density at radius 2 is 1.59 bits per heavy atom. The molecule has 2 aromatic carbocycles. The van der Waals surface area contributed by atoms with Gasteiger partial charge in [0.05, 0.1) is 19.3 Å². The van der Waals surface area contributed by atoms with Gasteiger partial charge in [-0.3, -0.25) is 19.4 Å². The summed E-state index contributed by atoms with van der Waals surface area (Å²) in [6.45, 7) is 1.68. The van der Waals surface area contributed by atoms with Gasteiger partial charge in [0.1, 0.15) is 17.5 Å². The Kier molecular flexibility index (Phi) is 8.73. The molecule has 0 fully saturated rings. The van der Waals surface area contributed by atoms with Gasteiger partial charge in [-0.25, -0.2) is 0 Å². The van der Waals surface area contributed by atoms with E-state index in [0.717, 1.165) is 5.56 Å². The van der Waals surface area contributed by atoms with Gasteiger partial charge in [0.25, 0.3) is 11.8 Å². The van der Waals surface area contributed by atoms with Crippen LogP contribution in [-0.4, -0.2) is 41.8 Å². The molecule has 1 heterocycles. The van der Waals surface area contributed by atoms with E-state index in [2.05, 4.69) is 15.6 Å². The van der Waals surface area contributed by atoms with Crippen molar-refractivity contribution in [1.82, 2.24) is 15.6 Å². The van der Waals surface area contributed by atoms with Crippen LogP contribution in [-0.2, 0) is 27.3 Å². The summed E-state index contributed by atoms with van der Waals surface area (Å²) in [5.74, 6) is -0.916. The summed E-state index contributed by atoms with van der Waals surface area (Å²) in [6, 6.07) is 20.2. The molecule has 2 atom stereocenters. The Hall–Kier alpha value is -4.20. The number of benzene rings is 2. The van der Waals surface area contributed by atoms with Gasteiger partial charge in [0.15, 0.2) is 6.10 Å². The largest absolute Gasteiger partial charge is 0.497 e. The van der Waals surface area contributed by atoms with Gasteiger partial charge < -0.3 is 20.1 Å². The van der Waals surface area contributed by atoms with Crippen LogP contribution in [0.1, 0.15) is 18.2 Å². The summed E-state index contributed by atoms with van der Waals surface area (Å²) in [5, 5.41) is 5.25. The lowest BCUT2D eigenvalue weighted by Crippen LogP contribution is -2.51.